The monoisotopic (exact) mass is 420 g/mol. The van der Waals surface area contributed by atoms with E-state index in [1.54, 1.807) is 22.8 Å². The largest absolute Gasteiger partial charge is 0.493 e. The second kappa shape index (κ2) is 10.1. The Morgan fingerprint density at radius 1 is 1.23 bits per heavy atom. The number of aliphatic hydroxyl groups excluding tert-OH is 1. The first-order valence-electron chi connectivity index (χ1n) is 9.98. The Morgan fingerprint density at radius 2 is 1.97 bits per heavy atom. The summed E-state index contributed by atoms with van der Waals surface area (Å²) in [4.78, 5) is 24.6. The number of rotatable bonds is 9. The average molecular weight is 420 g/mol. The molecule has 0 bridgehead atoms. The predicted octanol–water partition coefficient (Wildman–Crippen LogP) is 0.345. The van der Waals surface area contributed by atoms with Gasteiger partial charge in [0, 0.05) is 19.5 Å². The van der Waals surface area contributed by atoms with E-state index in [4.69, 9.17) is 14.2 Å². The van der Waals surface area contributed by atoms with Crippen molar-refractivity contribution in [1.82, 2.24) is 19.7 Å². The van der Waals surface area contributed by atoms with Gasteiger partial charge in [-0.3, -0.25) is 9.36 Å². The van der Waals surface area contributed by atoms with Crippen LogP contribution in [0.3, 0.4) is 0 Å². The van der Waals surface area contributed by atoms with Gasteiger partial charge in [0.1, 0.15) is 25.1 Å². The molecule has 1 atom stereocenters. The van der Waals surface area contributed by atoms with Crippen LogP contribution in [0.5, 0.6) is 17.2 Å². The van der Waals surface area contributed by atoms with Crippen LogP contribution in [0.2, 0.25) is 0 Å². The summed E-state index contributed by atoms with van der Waals surface area (Å²) in [5, 5.41) is 17.0. The van der Waals surface area contributed by atoms with Crippen molar-refractivity contribution in [2.75, 3.05) is 27.4 Å². The first-order valence-corrected chi connectivity index (χ1v) is 9.98. The maximum Gasteiger partial charge on any atom is 0.346 e. The summed E-state index contributed by atoms with van der Waals surface area (Å²) in [5.41, 5.74) is -0.269. The Balaban J connectivity index is 1.50. The fourth-order valence-electron chi connectivity index (χ4n) is 3.35. The van der Waals surface area contributed by atoms with E-state index >= 15 is 0 Å². The highest BCUT2D eigenvalue weighted by atomic mass is 16.5. The molecule has 0 saturated heterocycles. The van der Waals surface area contributed by atoms with Crippen LogP contribution < -0.4 is 25.2 Å². The molecule has 1 aliphatic rings. The Morgan fingerprint density at radius 3 is 2.67 bits per heavy atom. The van der Waals surface area contributed by atoms with E-state index in [0.29, 0.717) is 23.8 Å². The van der Waals surface area contributed by atoms with Crippen molar-refractivity contribution in [1.29, 1.82) is 0 Å². The van der Waals surface area contributed by atoms with Crippen molar-refractivity contribution in [2.45, 2.75) is 44.9 Å². The molecule has 10 nitrogen and oxygen atoms in total. The molecule has 1 unspecified atom stereocenters. The highest BCUT2D eigenvalue weighted by molar-refractivity contribution is 5.75. The van der Waals surface area contributed by atoms with Gasteiger partial charge in [0.15, 0.2) is 11.5 Å². The summed E-state index contributed by atoms with van der Waals surface area (Å²) in [5.74, 6) is 1.65. The van der Waals surface area contributed by atoms with E-state index in [1.807, 2.05) is 0 Å². The second-order valence-electron chi connectivity index (χ2n) is 7.08. The number of carbonyl (C=O) groups is 1. The zero-order valence-electron chi connectivity index (χ0n) is 17.3. The number of para-hydroxylation sites is 1. The molecule has 2 N–H and O–H groups in total. The van der Waals surface area contributed by atoms with E-state index in [1.165, 1.54) is 18.9 Å². The van der Waals surface area contributed by atoms with Crippen molar-refractivity contribution >= 4 is 5.91 Å². The van der Waals surface area contributed by atoms with Crippen molar-refractivity contribution < 1.29 is 24.1 Å². The van der Waals surface area contributed by atoms with Gasteiger partial charge in [0.2, 0.25) is 11.7 Å². The van der Waals surface area contributed by atoms with Gasteiger partial charge in [-0.15, -0.1) is 0 Å². The highest BCUT2D eigenvalue weighted by Crippen LogP contribution is 2.36. The zero-order valence-corrected chi connectivity index (χ0v) is 17.3. The topological polar surface area (TPSA) is 117 Å². The van der Waals surface area contributed by atoms with Crippen LogP contribution >= 0.6 is 0 Å². The first-order chi connectivity index (χ1) is 14.5. The first kappa shape index (κ1) is 21.7. The summed E-state index contributed by atoms with van der Waals surface area (Å²) < 4.78 is 18.9. The number of nitrogens with zero attached hydrogens (tertiary/aromatic N) is 3. The van der Waals surface area contributed by atoms with Gasteiger partial charge in [0.05, 0.1) is 14.2 Å². The molecule has 0 radical (unpaired) electrons. The van der Waals surface area contributed by atoms with E-state index in [0.717, 1.165) is 31.5 Å². The third kappa shape index (κ3) is 5.12. The smallest absolute Gasteiger partial charge is 0.346 e. The lowest BCUT2D eigenvalue weighted by Crippen LogP contribution is -2.39. The van der Waals surface area contributed by atoms with Gasteiger partial charge in [-0.05, 0) is 25.0 Å². The van der Waals surface area contributed by atoms with E-state index < -0.39 is 12.0 Å². The summed E-state index contributed by atoms with van der Waals surface area (Å²) in [6.07, 6.45) is 2.79. The van der Waals surface area contributed by atoms with Crippen molar-refractivity contribution in [3.63, 3.8) is 0 Å². The zero-order chi connectivity index (χ0) is 21.5. The summed E-state index contributed by atoms with van der Waals surface area (Å²) >= 11 is 0. The fourth-order valence-corrected chi connectivity index (χ4v) is 3.35. The van der Waals surface area contributed by atoms with Gasteiger partial charge in [-0.25, -0.2) is 9.48 Å². The Bertz CT molecular complexity index is 900. The SMILES string of the molecule is COc1cccc(OC)c1OCC(O)CNC(=O)Cn1nc2n(c1=O)CCCCC2. The minimum atomic E-state index is -0.959. The summed E-state index contributed by atoms with van der Waals surface area (Å²) in [6, 6.07) is 5.20. The molecule has 2 heterocycles. The quantitative estimate of drug-likeness (QED) is 0.601. The number of carbonyl (C=O) groups excluding carboxylic acids is 1. The van der Waals surface area contributed by atoms with Crippen LogP contribution in [0, 0.1) is 0 Å². The third-order valence-electron chi connectivity index (χ3n) is 4.91. The normalized spacial score (nSPS) is 14.4. The van der Waals surface area contributed by atoms with Crippen LogP contribution in [0.25, 0.3) is 0 Å². The summed E-state index contributed by atoms with van der Waals surface area (Å²) in [6.45, 7) is 0.347. The Kier molecular flexibility index (Phi) is 7.34. The van der Waals surface area contributed by atoms with Gasteiger partial charge < -0.3 is 24.6 Å². The molecule has 30 heavy (non-hydrogen) atoms. The Labute approximate surface area is 174 Å². The molecule has 0 saturated carbocycles. The third-order valence-corrected chi connectivity index (χ3v) is 4.91. The van der Waals surface area contributed by atoms with Crippen LogP contribution in [0.15, 0.2) is 23.0 Å². The molecular formula is C20H28N4O6. The predicted molar refractivity (Wildman–Crippen MR) is 108 cm³/mol. The molecule has 0 spiro atoms. The molecular weight excluding hydrogens is 392 g/mol. The van der Waals surface area contributed by atoms with E-state index in [9.17, 15) is 14.7 Å². The minimum Gasteiger partial charge on any atom is -0.493 e. The molecule has 2 aromatic rings. The lowest BCUT2D eigenvalue weighted by Gasteiger charge is -2.17. The number of amides is 1. The second-order valence-corrected chi connectivity index (χ2v) is 7.08. The molecule has 1 aromatic carbocycles. The molecule has 0 fully saturated rings. The number of ether oxygens (including phenoxy) is 3. The molecule has 3 rings (SSSR count). The van der Waals surface area contributed by atoms with Crippen molar-refractivity contribution in [3.8, 4) is 17.2 Å². The molecule has 1 amide bonds. The average Bonchev–Trinajstić information content (AvgIpc) is 2.91. The number of hydrogen-bond acceptors (Lipinski definition) is 7. The van der Waals surface area contributed by atoms with Crippen LogP contribution in [0.1, 0.15) is 25.1 Å². The van der Waals surface area contributed by atoms with Gasteiger partial charge in [-0.2, -0.15) is 5.10 Å². The number of nitrogens with one attached hydrogen (secondary N) is 1. The van der Waals surface area contributed by atoms with Gasteiger partial charge in [-0.1, -0.05) is 12.5 Å². The van der Waals surface area contributed by atoms with Gasteiger partial charge >= 0.3 is 5.69 Å². The highest BCUT2D eigenvalue weighted by Gasteiger charge is 2.18. The molecule has 1 aliphatic heterocycles. The lowest BCUT2D eigenvalue weighted by molar-refractivity contribution is -0.122. The summed E-state index contributed by atoms with van der Waals surface area (Å²) in [7, 11) is 3.02. The number of aryl methyl sites for hydroxylation is 1. The molecule has 10 heteroatoms. The van der Waals surface area contributed by atoms with Crippen molar-refractivity contribution in [2.24, 2.45) is 0 Å². The van der Waals surface area contributed by atoms with E-state index in [-0.39, 0.29) is 25.4 Å². The maximum atomic E-state index is 12.4. The van der Waals surface area contributed by atoms with Crippen LogP contribution in [-0.4, -0.2) is 58.8 Å². The van der Waals surface area contributed by atoms with Crippen LogP contribution in [0.4, 0.5) is 0 Å². The number of fused-ring (bicyclic) bond motifs is 1. The van der Waals surface area contributed by atoms with E-state index in [2.05, 4.69) is 10.4 Å². The molecule has 164 valence electrons. The number of benzene rings is 1. The fraction of sp³-hybridized carbons (Fsp3) is 0.550. The van der Waals surface area contributed by atoms with Crippen LogP contribution in [-0.2, 0) is 24.3 Å². The number of aliphatic hydroxyl groups is 1. The molecule has 0 aliphatic carbocycles. The van der Waals surface area contributed by atoms with Crippen molar-refractivity contribution in [3.05, 3.63) is 34.5 Å². The standard InChI is InChI=1S/C20H28N4O6/c1-28-15-7-6-8-16(29-2)19(15)30-13-14(25)11-21-18(26)12-24-20(27)23-10-5-3-4-9-17(23)22-24/h6-8,14,25H,3-5,9-13H2,1-2H3,(H,21,26). The Hall–Kier alpha value is -3.01. The molecule has 1 aromatic heterocycles. The lowest BCUT2D eigenvalue weighted by atomic mass is 10.2. The maximum absolute atomic E-state index is 12.4. The number of aromatic nitrogens is 3. The van der Waals surface area contributed by atoms with Gasteiger partial charge in [0.25, 0.3) is 0 Å². The number of methoxy groups -OCH3 is 2. The number of hydrogen-bond donors (Lipinski definition) is 2. The minimum absolute atomic E-state index is 0.0292.